The Kier molecular flexibility index (Phi) is 39.1. The van der Waals surface area contributed by atoms with E-state index < -0.39 is 427 Å². The number of carbonyl (C=O) groups excluding carboxylic acids is 4. The SMILES string of the molecule is CC(=O)N[C@H]1[C@H](OC[C@H]2O[C@@H](O[C@H]3[C@H](O)[C@@H](NC(C)=O)[C@H](O[C@H]4[C@@H](O)[C@@H](CO)O[C@@H](O[C@H]5[C@H](O)[C@@H](O)[C@H](O)O[C@@H]5CO)[C@@H]4O)O[C@@H]3CO)[C@H](O)[C@@H](O[C@@H]3O[C@H](CO)[C@@H](O[C@@H]4O[C@H](CO)[C@H](O)[C@H](O[C@@H]5O[C@H](CO)[C@@H](O[C@@H]6O[C@H](CO)[C@H](O)[C@H](O)[C@H]6O[C@@H]6O[C@@H](C)[C@@H](O)[C@@H](O)[C@@H]6O)[C@H](O)[C@H]5NC(C)=O)[C@H]4O)[C@H](O)[C@H]3NC(C)=O)[C@H]2O)O[C@H](CO)[C@@H](O[C@@H]2O[C@H](CO)[C@H](O)[C@H](O)[C@H]2O)[C@@H]1O. The quantitative estimate of drug-likeness (QED) is 0.0284. The molecule has 4 amide bonds. The van der Waals surface area contributed by atoms with Gasteiger partial charge in [-0.1, -0.05) is 0 Å². The van der Waals surface area contributed by atoms with E-state index in [1.807, 2.05) is 0 Å². The molecule has 0 aromatic heterocycles. The van der Waals surface area contributed by atoms with Gasteiger partial charge in [0.1, 0.15) is 262 Å². The predicted octanol–water partition coefficient (Wildman–Crippen LogP) is -23.4. The maximum atomic E-state index is 13.4. The average molecular weight is 1950 g/mol. The van der Waals surface area contributed by atoms with E-state index in [1.54, 1.807) is 0 Å². The van der Waals surface area contributed by atoms with Crippen LogP contribution in [-0.4, -0.2) is 580 Å². The van der Waals surface area contributed by atoms with Crippen LogP contribution >= 0.6 is 0 Å². The monoisotopic (exact) mass is 1950 g/mol. The normalized spacial score (nSPS) is 50.1. The fourth-order valence-electron chi connectivity index (χ4n) is 17.4. The van der Waals surface area contributed by atoms with Gasteiger partial charge in [-0.15, -0.1) is 0 Å². The van der Waals surface area contributed by atoms with Crippen molar-refractivity contribution >= 4 is 23.6 Å². The van der Waals surface area contributed by atoms with Crippen molar-refractivity contribution in [1.82, 2.24) is 21.3 Å². The van der Waals surface area contributed by atoms with Crippen molar-refractivity contribution in [2.45, 2.75) is 372 Å². The molecule has 0 aliphatic carbocycles. The van der Waals surface area contributed by atoms with Crippen LogP contribution < -0.4 is 21.3 Å². The molecule has 11 saturated heterocycles. The van der Waals surface area contributed by atoms with Crippen LogP contribution in [-0.2, 0) is 119 Å². The lowest BCUT2D eigenvalue weighted by atomic mass is 9.93. The maximum absolute atomic E-state index is 13.4. The summed E-state index contributed by atoms with van der Waals surface area (Å²) in [6.07, 6.45) is -106. The molecule has 0 bridgehead atoms. The minimum absolute atomic E-state index is 0.878. The molecule has 0 aromatic carbocycles. The Balaban J connectivity index is 0.863. The van der Waals surface area contributed by atoms with Gasteiger partial charge in [-0.25, -0.2) is 0 Å². The first-order chi connectivity index (χ1) is 62.9. The highest BCUT2D eigenvalue weighted by atomic mass is 16.8. The highest BCUT2D eigenvalue weighted by Crippen LogP contribution is 2.42. The number of hydrogen-bond acceptors (Lipinski definition) is 55. The van der Waals surface area contributed by atoms with Crippen molar-refractivity contribution in [3.8, 4) is 0 Å². The molecule has 770 valence electrons. The van der Waals surface area contributed by atoms with Crippen molar-refractivity contribution in [1.29, 1.82) is 0 Å². The molecule has 34 N–H and O–H groups in total. The van der Waals surface area contributed by atoms with E-state index >= 15 is 0 Å². The van der Waals surface area contributed by atoms with Gasteiger partial charge in [-0.2, -0.15) is 0 Å². The highest BCUT2D eigenvalue weighted by molar-refractivity contribution is 5.74. The summed E-state index contributed by atoms with van der Waals surface area (Å²) in [6, 6.07) is -7.99. The zero-order valence-corrected chi connectivity index (χ0v) is 71.4. The Bertz CT molecular complexity index is 3630. The molecule has 11 aliphatic heterocycles. The first-order valence-corrected chi connectivity index (χ1v) is 42.5. The Morgan fingerprint density at radius 1 is 0.211 bits per heavy atom. The van der Waals surface area contributed by atoms with Crippen molar-refractivity contribution in [2.75, 3.05) is 66.1 Å². The van der Waals surface area contributed by atoms with E-state index in [9.17, 15) is 172 Å². The summed E-state index contributed by atoms with van der Waals surface area (Å²) in [5.41, 5.74) is 0. The third-order valence-electron chi connectivity index (χ3n) is 24.5. The molecule has 0 spiro atoms. The van der Waals surface area contributed by atoms with Crippen molar-refractivity contribution in [2.24, 2.45) is 0 Å². The lowest BCUT2D eigenvalue weighted by molar-refractivity contribution is -0.394. The summed E-state index contributed by atoms with van der Waals surface area (Å²) >= 11 is 0. The van der Waals surface area contributed by atoms with Crippen LogP contribution in [0, 0.1) is 0 Å². The molecule has 0 radical (unpaired) electrons. The van der Waals surface area contributed by atoms with Gasteiger partial charge >= 0.3 is 0 Å². The molecule has 0 saturated carbocycles. The largest absolute Gasteiger partial charge is 0.394 e. The molecule has 59 nitrogen and oxygen atoms in total. The third kappa shape index (κ3) is 23.9. The second kappa shape index (κ2) is 47.6. The van der Waals surface area contributed by atoms with Crippen LogP contribution in [0.15, 0.2) is 0 Å². The zero-order chi connectivity index (χ0) is 97.8. The lowest BCUT2D eigenvalue weighted by Crippen LogP contribution is -2.71. The number of amides is 4. The van der Waals surface area contributed by atoms with Crippen molar-refractivity contribution in [3.05, 3.63) is 0 Å². The van der Waals surface area contributed by atoms with Crippen LogP contribution in [0.3, 0.4) is 0 Å². The second-order valence-electron chi connectivity index (χ2n) is 33.8. The van der Waals surface area contributed by atoms with E-state index in [0.717, 1.165) is 27.7 Å². The van der Waals surface area contributed by atoms with Crippen LogP contribution in [0.25, 0.3) is 0 Å². The number of hydrogen-bond donors (Lipinski definition) is 34. The van der Waals surface area contributed by atoms with Gasteiger partial charge < -0.3 is 274 Å². The number of aliphatic hydroxyl groups excluding tert-OH is 30. The highest BCUT2D eigenvalue weighted by Gasteiger charge is 2.63. The van der Waals surface area contributed by atoms with Gasteiger partial charge in [0.25, 0.3) is 0 Å². The Morgan fingerprint density at radius 2 is 0.444 bits per heavy atom. The van der Waals surface area contributed by atoms with Crippen molar-refractivity contribution in [3.63, 3.8) is 0 Å². The Labute approximate surface area is 752 Å². The smallest absolute Gasteiger partial charge is 0.217 e. The van der Waals surface area contributed by atoms with Gasteiger partial charge in [0.05, 0.1) is 72.2 Å². The first-order valence-electron chi connectivity index (χ1n) is 42.5. The van der Waals surface area contributed by atoms with E-state index in [2.05, 4.69) is 21.3 Å². The summed E-state index contributed by atoms with van der Waals surface area (Å²) in [5.74, 6) is -3.96. The number of rotatable bonds is 34. The molecule has 59 heteroatoms. The Morgan fingerprint density at radius 3 is 0.789 bits per heavy atom. The van der Waals surface area contributed by atoms with E-state index in [4.69, 9.17) is 99.5 Å². The van der Waals surface area contributed by atoms with E-state index in [0.29, 0.717) is 0 Å². The van der Waals surface area contributed by atoms with E-state index in [-0.39, 0.29) is 0 Å². The first kappa shape index (κ1) is 109. The molecule has 0 aromatic rings. The molecule has 11 aliphatic rings. The van der Waals surface area contributed by atoms with Crippen LogP contribution in [0.5, 0.6) is 0 Å². The number of aliphatic hydroxyl groups is 30. The summed E-state index contributed by atoms with van der Waals surface area (Å²) < 4.78 is 124. The summed E-state index contributed by atoms with van der Waals surface area (Å²) in [6.45, 7) is -6.33. The molecule has 11 rings (SSSR count). The van der Waals surface area contributed by atoms with Crippen LogP contribution in [0.1, 0.15) is 34.6 Å². The number of ether oxygens (including phenoxy) is 21. The summed E-state index contributed by atoms with van der Waals surface area (Å²) in [5, 5.41) is 344. The summed E-state index contributed by atoms with van der Waals surface area (Å²) in [4.78, 5) is 52.6. The number of carbonyl (C=O) groups is 4. The minimum Gasteiger partial charge on any atom is -0.394 e. The van der Waals surface area contributed by atoms with E-state index in [1.165, 1.54) is 6.92 Å². The zero-order valence-electron chi connectivity index (χ0n) is 71.4. The molecule has 133 heavy (non-hydrogen) atoms. The molecular formula is C74H124N4O55. The fourth-order valence-corrected chi connectivity index (χ4v) is 17.4. The van der Waals surface area contributed by atoms with Gasteiger partial charge in [-0.3, -0.25) is 19.2 Å². The molecule has 0 unspecified atom stereocenters. The lowest BCUT2D eigenvalue weighted by Gasteiger charge is -2.51. The topological polar surface area (TPSA) is 917 Å². The van der Waals surface area contributed by atoms with Gasteiger partial charge in [0, 0.05) is 27.7 Å². The predicted molar refractivity (Wildman–Crippen MR) is 407 cm³/mol. The molecule has 11 heterocycles. The average Bonchev–Trinajstić information content (AvgIpc) is 0.763. The molecule has 11 fully saturated rings. The molecular weight excluding hydrogens is 1820 g/mol. The van der Waals surface area contributed by atoms with Gasteiger partial charge in [-0.05, 0) is 6.92 Å². The van der Waals surface area contributed by atoms with Crippen molar-refractivity contribution < 1.29 is 272 Å². The second-order valence-corrected chi connectivity index (χ2v) is 33.8. The fraction of sp³-hybridized carbons (Fsp3) is 0.946. The maximum Gasteiger partial charge on any atom is 0.217 e. The van der Waals surface area contributed by atoms with Gasteiger partial charge in [0.2, 0.25) is 23.6 Å². The Hall–Kier alpha value is -4.16. The van der Waals surface area contributed by atoms with Crippen LogP contribution in [0.2, 0.25) is 0 Å². The van der Waals surface area contributed by atoms with Crippen LogP contribution in [0.4, 0.5) is 0 Å². The standard InChI is InChI=1S/C74H124N4O55/c1-16-35(92)45(102)50(107)69(114-16)133-63-47(104)37(94)22(7-80)119-74(63)129-58-29(14-87)123-67(34(44(58)101)78-20(5)91)130-60-38(95)23(8-81)117-71(52(60)109)126-56-27(12-85)122-68(33(42(56)99)77-19(4)90)132-62-40(97)30(15-113-65-31(75-17(2)88)41(98)55(26(11-84)120-65)125-70-51(108)46(103)36(93)21(6-79)116-70)124-73(54(62)111)127-57-28(13-86)121-66(32(43(57)100)76-18(3)89)131-61-39(96)24(9-82)118-72(53(61)110)128-59-25(10-83)115-64(112)49(106)48(59)105/h16,21-74,79-87,92-112H,6-15H2,1-5H3,(H,75,88)(H,76,89)(H,77,90)(H,78,91)/t16-,21+,22+,23+,24+,25+,26+,27+,28+,29+,30+,31+,32+,33+,34+,35+,36-,37-,38-,39-,40-,41+,42+,43+,44+,45+,46-,47-,48+,49+,50-,51+,52+,53+,54+,55+,56+,57+,58+,59+,60-,61-,62-,63+,64+,65+,66-,67-,68-,69-,70-,71-,72-,73-,74-/m0/s1. The molecule has 55 atom stereocenters. The number of nitrogens with one attached hydrogen (secondary N) is 4. The minimum atomic E-state index is -2.58. The van der Waals surface area contributed by atoms with Gasteiger partial charge in [0.15, 0.2) is 69.2 Å². The summed E-state index contributed by atoms with van der Waals surface area (Å²) in [7, 11) is 0. The third-order valence-corrected chi connectivity index (χ3v) is 24.5.